The molecule has 1 aromatic carbocycles. The zero-order chi connectivity index (χ0) is 18.3. The van der Waals surface area contributed by atoms with E-state index in [0.29, 0.717) is 23.0 Å². The van der Waals surface area contributed by atoms with Crippen LogP contribution in [-0.2, 0) is 4.79 Å². The lowest BCUT2D eigenvalue weighted by Crippen LogP contribution is -2.18. The Labute approximate surface area is 154 Å². The minimum atomic E-state index is -0.810. The van der Waals surface area contributed by atoms with Gasteiger partial charge in [0.25, 0.3) is 0 Å². The zero-order valence-corrected chi connectivity index (χ0v) is 14.7. The number of nitrogens with one attached hydrogen (secondary N) is 2. The van der Waals surface area contributed by atoms with Gasteiger partial charge < -0.3 is 5.32 Å². The first-order valence-electron chi connectivity index (χ1n) is 8.32. The second-order valence-corrected chi connectivity index (χ2v) is 6.91. The van der Waals surface area contributed by atoms with Crippen molar-refractivity contribution in [1.29, 1.82) is 0 Å². The number of aromatic nitrogens is 4. The fourth-order valence-corrected chi connectivity index (χ4v) is 2.97. The predicted octanol–water partition coefficient (Wildman–Crippen LogP) is 3.82. The van der Waals surface area contributed by atoms with Crippen LogP contribution in [0.4, 0.5) is 10.2 Å². The van der Waals surface area contributed by atoms with Crippen LogP contribution in [0.2, 0.25) is 5.02 Å². The van der Waals surface area contributed by atoms with Crippen LogP contribution >= 0.6 is 11.6 Å². The van der Waals surface area contributed by atoms with Crippen LogP contribution in [0.3, 0.4) is 0 Å². The van der Waals surface area contributed by atoms with Crippen molar-refractivity contribution in [3.8, 4) is 5.69 Å². The molecule has 3 aromatic rings. The summed E-state index contributed by atoms with van der Waals surface area (Å²) < 4.78 is 14.8. The van der Waals surface area contributed by atoms with Gasteiger partial charge in [-0.2, -0.15) is 10.2 Å². The molecule has 0 saturated heterocycles. The van der Waals surface area contributed by atoms with Crippen LogP contribution in [0.15, 0.2) is 42.7 Å². The number of hydrogen-bond donors (Lipinski definition) is 2. The van der Waals surface area contributed by atoms with Crippen molar-refractivity contribution in [1.82, 2.24) is 20.0 Å². The molecule has 6 nitrogen and oxygen atoms in total. The Morgan fingerprint density at radius 1 is 1.46 bits per heavy atom. The molecule has 3 atom stereocenters. The first-order chi connectivity index (χ1) is 12.5. The van der Waals surface area contributed by atoms with Crippen LogP contribution in [-0.4, -0.2) is 32.1 Å². The molecule has 4 rings (SSSR count). The van der Waals surface area contributed by atoms with Gasteiger partial charge in [0.2, 0.25) is 5.91 Å². The number of aromatic amines is 1. The maximum Gasteiger partial charge on any atom is 0.232 e. The van der Waals surface area contributed by atoms with Crippen molar-refractivity contribution in [3.05, 3.63) is 59.0 Å². The standard InChI is InChI=1S/C18H17ClFN5O/c1-10(11-8-21-25(9-11)13-4-2-3-12(19)5-13)18(26)22-17-7-16(23-24-17)14-6-15(14)20/h2-5,7-10,14-15H,6H2,1H3,(H2,22,23,24,26)/t10?,14-,15-/m0/s1. The topological polar surface area (TPSA) is 75.6 Å². The number of hydrogen-bond acceptors (Lipinski definition) is 3. The van der Waals surface area contributed by atoms with E-state index in [-0.39, 0.29) is 11.8 Å². The Morgan fingerprint density at radius 3 is 3.00 bits per heavy atom. The molecule has 0 aliphatic heterocycles. The molecular weight excluding hydrogens is 357 g/mol. The molecule has 8 heteroatoms. The van der Waals surface area contributed by atoms with E-state index in [2.05, 4.69) is 20.6 Å². The van der Waals surface area contributed by atoms with Crippen LogP contribution in [0.1, 0.15) is 36.4 Å². The number of amides is 1. The quantitative estimate of drug-likeness (QED) is 0.714. The van der Waals surface area contributed by atoms with Crippen molar-refractivity contribution in [2.45, 2.75) is 31.4 Å². The number of carbonyl (C=O) groups is 1. The maximum atomic E-state index is 13.1. The summed E-state index contributed by atoms with van der Waals surface area (Å²) in [7, 11) is 0. The summed E-state index contributed by atoms with van der Waals surface area (Å²) in [4.78, 5) is 12.5. The lowest BCUT2D eigenvalue weighted by Gasteiger charge is -2.08. The molecule has 0 bridgehead atoms. The smallest absolute Gasteiger partial charge is 0.232 e. The second-order valence-electron chi connectivity index (χ2n) is 6.48. The number of H-pyrrole nitrogens is 1. The molecule has 134 valence electrons. The third kappa shape index (κ3) is 3.35. The van der Waals surface area contributed by atoms with Gasteiger partial charge >= 0.3 is 0 Å². The summed E-state index contributed by atoms with van der Waals surface area (Å²) in [5.41, 5.74) is 2.30. The Bertz CT molecular complexity index is 952. The molecular formula is C18H17ClFN5O. The van der Waals surface area contributed by atoms with E-state index in [1.54, 1.807) is 42.2 Å². The Kier molecular flexibility index (Phi) is 4.24. The summed E-state index contributed by atoms with van der Waals surface area (Å²) in [6.45, 7) is 1.79. The van der Waals surface area contributed by atoms with Gasteiger partial charge in [0.15, 0.2) is 5.82 Å². The third-order valence-corrected chi connectivity index (χ3v) is 4.76. The number of halogens is 2. The van der Waals surface area contributed by atoms with E-state index in [1.807, 2.05) is 12.1 Å². The molecule has 1 aliphatic carbocycles. The average molecular weight is 374 g/mol. The predicted molar refractivity (Wildman–Crippen MR) is 96.5 cm³/mol. The zero-order valence-electron chi connectivity index (χ0n) is 14.0. The van der Waals surface area contributed by atoms with Crippen molar-refractivity contribution in [2.24, 2.45) is 0 Å². The van der Waals surface area contributed by atoms with E-state index in [4.69, 9.17) is 11.6 Å². The number of nitrogens with zero attached hydrogens (tertiary/aromatic N) is 3. The highest BCUT2D eigenvalue weighted by atomic mass is 35.5. The molecule has 2 N–H and O–H groups in total. The van der Waals surface area contributed by atoms with Gasteiger partial charge in [0.1, 0.15) is 6.17 Å². The highest BCUT2D eigenvalue weighted by Crippen LogP contribution is 2.43. The first-order valence-corrected chi connectivity index (χ1v) is 8.70. The van der Waals surface area contributed by atoms with Gasteiger partial charge in [-0.1, -0.05) is 17.7 Å². The Balaban J connectivity index is 1.44. The van der Waals surface area contributed by atoms with Crippen LogP contribution < -0.4 is 5.32 Å². The largest absolute Gasteiger partial charge is 0.309 e. The molecule has 0 spiro atoms. The summed E-state index contributed by atoms with van der Waals surface area (Å²) in [5, 5.41) is 14.5. The number of alkyl halides is 1. The van der Waals surface area contributed by atoms with Crippen molar-refractivity contribution in [3.63, 3.8) is 0 Å². The molecule has 2 heterocycles. The monoisotopic (exact) mass is 373 g/mol. The fourth-order valence-electron chi connectivity index (χ4n) is 2.78. The summed E-state index contributed by atoms with van der Waals surface area (Å²) in [5.74, 6) is -0.348. The lowest BCUT2D eigenvalue weighted by molar-refractivity contribution is -0.117. The average Bonchev–Trinajstić information content (AvgIpc) is 3.05. The fraction of sp³-hybridized carbons (Fsp3) is 0.278. The lowest BCUT2D eigenvalue weighted by atomic mass is 10.0. The highest BCUT2D eigenvalue weighted by Gasteiger charge is 2.40. The van der Waals surface area contributed by atoms with E-state index < -0.39 is 12.1 Å². The second kappa shape index (κ2) is 6.57. The van der Waals surface area contributed by atoms with Gasteiger partial charge in [-0.05, 0) is 31.5 Å². The summed E-state index contributed by atoms with van der Waals surface area (Å²) in [6.07, 6.45) is 3.15. The summed E-state index contributed by atoms with van der Waals surface area (Å²) in [6, 6.07) is 8.99. The van der Waals surface area contributed by atoms with Crippen LogP contribution in [0.25, 0.3) is 5.69 Å². The maximum absolute atomic E-state index is 13.1. The SMILES string of the molecule is CC(C(=O)Nc1cc([C@H]2C[C@@H]2F)[nH]n1)c1cnn(-c2cccc(Cl)c2)c1. The van der Waals surface area contributed by atoms with Crippen LogP contribution in [0, 0.1) is 0 Å². The molecule has 1 saturated carbocycles. The highest BCUT2D eigenvalue weighted by molar-refractivity contribution is 6.30. The number of rotatable bonds is 5. The number of benzene rings is 1. The van der Waals surface area contributed by atoms with Gasteiger partial charge in [0, 0.05) is 34.5 Å². The van der Waals surface area contributed by atoms with E-state index in [0.717, 1.165) is 11.3 Å². The molecule has 1 aliphatic rings. The molecule has 2 aromatic heterocycles. The normalized spacial score (nSPS) is 20.0. The van der Waals surface area contributed by atoms with Gasteiger partial charge in [-0.3, -0.25) is 9.89 Å². The van der Waals surface area contributed by atoms with Crippen molar-refractivity contribution >= 4 is 23.3 Å². The number of carbonyl (C=O) groups excluding carboxylic acids is 1. The molecule has 1 amide bonds. The van der Waals surface area contributed by atoms with E-state index in [9.17, 15) is 9.18 Å². The summed E-state index contributed by atoms with van der Waals surface area (Å²) >= 11 is 6.00. The Hall–Kier alpha value is -2.67. The van der Waals surface area contributed by atoms with Gasteiger partial charge in [-0.15, -0.1) is 0 Å². The van der Waals surface area contributed by atoms with Gasteiger partial charge in [0.05, 0.1) is 17.8 Å². The van der Waals surface area contributed by atoms with Crippen molar-refractivity contribution in [2.75, 3.05) is 5.32 Å². The van der Waals surface area contributed by atoms with E-state index in [1.165, 1.54) is 0 Å². The van der Waals surface area contributed by atoms with Crippen LogP contribution in [0.5, 0.6) is 0 Å². The third-order valence-electron chi connectivity index (χ3n) is 4.53. The Morgan fingerprint density at radius 2 is 2.27 bits per heavy atom. The molecule has 0 radical (unpaired) electrons. The molecule has 26 heavy (non-hydrogen) atoms. The minimum absolute atomic E-state index is 0.124. The molecule has 1 fully saturated rings. The van der Waals surface area contributed by atoms with Gasteiger partial charge in [-0.25, -0.2) is 9.07 Å². The first kappa shape index (κ1) is 16.8. The molecule has 1 unspecified atom stereocenters. The minimum Gasteiger partial charge on any atom is -0.309 e. The van der Waals surface area contributed by atoms with E-state index >= 15 is 0 Å². The number of anilines is 1. The van der Waals surface area contributed by atoms with Crippen molar-refractivity contribution < 1.29 is 9.18 Å².